The first kappa shape index (κ1) is 9.86. The maximum absolute atomic E-state index is 9.01. The number of rotatable bonds is 5. The molecule has 0 saturated carbocycles. The average Bonchev–Trinajstić information content (AvgIpc) is 2.15. The Labute approximate surface area is 78.0 Å². The molecule has 0 atom stereocenters. The van der Waals surface area contributed by atoms with Crippen LogP contribution in [0.5, 0.6) is 5.75 Å². The van der Waals surface area contributed by atoms with Crippen molar-refractivity contribution in [1.29, 1.82) is 0 Å². The van der Waals surface area contributed by atoms with Crippen LogP contribution >= 0.6 is 0 Å². The third kappa shape index (κ3) is 3.80. The van der Waals surface area contributed by atoms with Crippen molar-refractivity contribution in [2.45, 2.75) is 12.8 Å². The molecule has 3 N–H and O–H groups in total. The Morgan fingerprint density at radius 1 is 1.08 bits per heavy atom. The van der Waals surface area contributed by atoms with Crippen LogP contribution in [0.25, 0.3) is 0 Å². The van der Waals surface area contributed by atoms with Gasteiger partial charge in [0.2, 0.25) is 0 Å². The zero-order chi connectivity index (χ0) is 9.52. The Morgan fingerprint density at radius 2 is 1.77 bits per heavy atom. The van der Waals surface area contributed by atoms with Crippen molar-refractivity contribution in [2.24, 2.45) is 0 Å². The minimum atomic E-state index is 0.247. The van der Waals surface area contributed by atoms with E-state index in [0.717, 1.165) is 25.1 Å². The Morgan fingerprint density at radius 3 is 2.38 bits per heavy atom. The van der Waals surface area contributed by atoms with Gasteiger partial charge < -0.3 is 15.5 Å². The quantitative estimate of drug-likeness (QED) is 0.477. The van der Waals surface area contributed by atoms with E-state index in [2.05, 4.69) is 5.32 Å². The smallest absolute Gasteiger partial charge is 0.115 e. The van der Waals surface area contributed by atoms with Crippen molar-refractivity contribution >= 4 is 5.69 Å². The molecule has 3 heteroatoms. The first-order chi connectivity index (χ1) is 6.33. The number of aliphatic hydroxyl groups excluding tert-OH is 1. The molecule has 1 rings (SSSR count). The fraction of sp³-hybridized carbons (Fsp3) is 0.400. The lowest BCUT2D eigenvalue weighted by Gasteiger charge is -2.04. The van der Waals surface area contributed by atoms with E-state index >= 15 is 0 Å². The van der Waals surface area contributed by atoms with Crippen molar-refractivity contribution in [3.63, 3.8) is 0 Å². The van der Waals surface area contributed by atoms with E-state index in [0.29, 0.717) is 0 Å². The molecule has 1 aromatic carbocycles. The Bertz CT molecular complexity index is 233. The number of hydrogen-bond acceptors (Lipinski definition) is 3. The fourth-order valence-electron chi connectivity index (χ4n) is 1.05. The Hall–Kier alpha value is -1.22. The van der Waals surface area contributed by atoms with Gasteiger partial charge in [-0.3, -0.25) is 0 Å². The summed E-state index contributed by atoms with van der Waals surface area (Å²) < 4.78 is 0. The highest BCUT2D eigenvalue weighted by Gasteiger charge is 1.91. The lowest BCUT2D eigenvalue weighted by molar-refractivity contribution is 0.286. The second kappa shape index (κ2) is 5.43. The SMILES string of the molecule is OCCCCNc1ccc(O)cc1. The number of aromatic hydroxyl groups is 1. The summed E-state index contributed by atoms with van der Waals surface area (Å²) >= 11 is 0. The fourth-order valence-corrected chi connectivity index (χ4v) is 1.05. The van der Waals surface area contributed by atoms with E-state index < -0.39 is 0 Å². The zero-order valence-electron chi connectivity index (χ0n) is 7.53. The van der Waals surface area contributed by atoms with Crippen LogP contribution in [-0.4, -0.2) is 23.4 Å². The van der Waals surface area contributed by atoms with Gasteiger partial charge in [0.1, 0.15) is 5.75 Å². The van der Waals surface area contributed by atoms with E-state index in [-0.39, 0.29) is 12.4 Å². The molecule has 0 fully saturated rings. The second-order valence-corrected chi connectivity index (χ2v) is 2.90. The van der Waals surface area contributed by atoms with Gasteiger partial charge in [-0.15, -0.1) is 0 Å². The highest BCUT2D eigenvalue weighted by atomic mass is 16.3. The molecule has 0 aromatic heterocycles. The van der Waals surface area contributed by atoms with Gasteiger partial charge in [0.25, 0.3) is 0 Å². The first-order valence-corrected chi connectivity index (χ1v) is 4.46. The number of anilines is 1. The topological polar surface area (TPSA) is 52.5 Å². The lowest BCUT2D eigenvalue weighted by atomic mass is 10.3. The molecule has 0 spiro atoms. The van der Waals surface area contributed by atoms with E-state index in [1.54, 1.807) is 12.1 Å². The van der Waals surface area contributed by atoms with E-state index in [9.17, 15) is 0 Å². The summed E-state index contributed by atoms with van der Waals surface area (Å²) in [5, 5.41) is 20.7. The third-order valence-corrected chi connectivity index (χ3v) is 1.78. The summed E-state index contributed by atoms with van der Waals surface area (Å²) in [6.45, 7) is 1.10. The second-order valence-electron chi connectivity index (χ2n) is 2.90. The Balaban J connectivity index is 2.25. The molecule has 0 aliphatic heterocycles. The first-order valence-electron chi connectivity index (χ1n) is 4.46. The molecule has 0 aliphatic rings. The highest BCUT2D eigenvalue weighted by Crippen LogP contribution is 2.13. The number of phenols is 1. The molecule has 0 heterocycles. The standard InChI is InChI=1S/C10H15NO2/c12-8-2-1-7-11-9-3-5-10(13)6-4-9/h3-6,11-13H,1-2,7-8H2. The van der Waals surface area contributed by atoms with Crippen LogP contribution in [-0.2, 0) is 0 Å². The summed E-state index contributed by atoms with van der Waals surface area (Å²) in [6.07, 6.45) is 1.78. The van der Waals surface area contributed by atoms with Crippen LogP contribution in [0.1, 0.15) is 12.8 Å². The number of benzene rings is 1. The van der Waals surface area contributed by atoms with Crippen molar-refractivity contribution in [1.82, 2.24) is 0 Å². The van der Waals surface area contributed by atoms with Gasteiger partial charge in [0, 0.05) is 18.8 Å². The van der Waals surface area contributed by atoms with Crippen molar-refractivity contribution in [3.05, 3.63) is 24.3 Å². The number of nitrogens with one attached hydrogen (secondary N) is 1. The predicted octanol–water partition coefficient (Wildman–Crippen LogP) is 1.58. The van der Waals surface area contributed by atoms with Gasteiger partial charge in [0.15, 0.2) is 0 Å². The Kier molecular flexibility index (Phi) is 4.12. The largest absolute Gasteiger partial charge is 0.508 e. The minimum absolute atomic E-state index is 0.247. The van der Waals surface area contributed by atoms with Crippen molar-refractivity contribution < 1.29 is 10.2 Å². The van der Waals surface area contributed by atoms with Gasteiger partial charge >= 0.3 is 0 Å². The maximum Gasteiger partial charge on any atom is 0.115 e. The van der Waals surface area contributed by atoms with Gasteiger partial charge in [-0.05, 0) is 37.1 Å². The molecule has 0 bridgehead atoms. The van der Waals surface area contributed by atoms with Crippen LogP contribution in [0.15, 0.2) is 24.3 Å². The summed E-state index contributed by atoms with van der Waals surface area (Å²) in [4.78, 5) is 0. The van der Waals surface area contributed by atoms with Gasteiger partial charge in [-0.1, -0.05) is 0 Å². The molecule has 0 amide bonds. The van der Waals surface area contributed by atoms with Crippen LogP contribution in [0.2, 0.25) is 0 Å². The summed E-state index contributed by atoms with van der Waals surface area (Å²) in [5.74, 6) is 0.279. The number of aliphatic hydroxyl groups is 1. The normalized spacial score (nSPS) is 9.92. The van der Waals surface area contributed by atoms with Crippen LogP contribution in [0.3, 0.4) is 0 Å². The van der Waals surface area contributed by atoms with E-state index in [1.807, 2.05) is 12.1 Å². The third-order valence-electron chi connectivity index (χ3n) is 1.78. The number of unbranched alkanes of at least 4 members (excludes halogenated alkanes) is 1. The van der Waals surface area contributed by atoms with Gasteiger partial charge in [0.05, 0.1) is 0 Å². The summed E-state index contributed by atoms with van der Waals surface area (Å²) in [5.41, 5.74) is 0.996. The molecule has 0 unspecified atom stereocenters. The molecule has 13 heavy (non-hydrogen) atoms. The van der Waals surface area contributed by atoms with Gasteiger partial charge in [-0.25, -0.2) is 0 Å². The average molecular weight is 181 g/mol. The van der Waals surface area contributed by atoms with Gasteiger partial charge in [-0.2, -0.15) is 0 Å². The maximum atomic E-state index is 9.01. The molecule has 0 aliphatic carbocycles. The molecule has 0 saturated heterocycles. The summed E-state index contributed by atoms with van der Waals surface area (Å²) in [6, 6.07) is 6.95. The van der Waals surface area contributed by atoms with E-state index in [1.165, 1.54) is 0 Å². The monoisotopic (exact) mass is 181 g/mol. The van der Waals surface area contributed by atoms with Crippen LogP contribution in [0, 0.1) is 0 Å². The number of phenolic OH excluding ortho intramolecular Hbond substituents is 1. The number of hydrogen-bond donors (Lipinski definition) is 3. The molecular weight excluding hydrogens is 166 g/mol. The summed E-state index contributed by atoms with van der Waals surface area (Å²) in [7, 11) is 0. The van der Waals surface area contributed by atoms with Crippen molar-refractivity contribution in [2.75, 3.05) is 18.5 Å². The van der Waals surface area contributed by atoms with Crippen molar-refractivity contribution in [3.8, 4) is 5.75 Å². The van der Waals surface area contributed by atoms with E-state index in [4.69, 9.17) is 10.2 Å². The molecule has 3 nitrogen and oxygen atoms in total. The molecular formula is C10H15NO2. The minimum Gasteiger partial charge on any atom is -0.508 e. The lowest BCUT2D eigenvalue weighted by Crippen LogP contribution is -2.01. The molecule has 1 aromatic rings. The predicted molar refractivity (Wildman–Crippen MR) is 52.9 cm³/mol. The molecule has 0 radical (unpaired) electrons. The highest BCUT2D eigenvalue weighted by molar-refractivity contribution is 5.45. The molecule has 72 valence electrons. The zero-order valence-corrected chi connectivity index (χ0v) is 7.53. The van der Waals surface area contributed by atoms with Crippen LogP contribution < -0.4 is 5.32 Å². The van der Waals surface area contributed by atoms with Crippen LogP contribution in [0.4, 0.5) is 5.69 Å².